The minimum absolute atomic E-state index is 0.107. The summed E-state index contributed by atoms with van der Waals surface area (Å²) >= 11 is 0. The van der Waals surface area contributed by atoms with Crippen LogP contribution in [-0.2, 0) is 4.79 Å². The number of benzene rings is 2. The SMILES string of the molecule is CC(C)(C)C(=O)COc1ccc2ccccc2c1. The lowest BCUT2D eigenvalue weighted by molar-refractivity contribution is -0.128. The quantitative estimate of drug-likeness (QED) is 0.817. The van der Waals surface area contributed by atoms with Crippen LogP contribution in [0, 0.1) is 5.41 Å². The fourth-order valence-corrected chi connectivity index (χ4v) is 1.62. The Hall–Kier alpha value is -1.83. The molecule has 0 aliphatic carbocycles. The topological polar surface area (TPSA) is 26.3 Å². The number of rotatable bonds is 3. The Morgan fingerprint density at radius 2 is 1.72 bits per heavy atom. The molecule has 2 aromatic carbocycles. The number of carbonyl (C=O) groups excluding carboxylic acids is 1. The minimum Gasteiger partial charge on any atom is -0.486 e. The predicted molar refractivity (Wildman–Crippen MR) is 73.9 cm³/mol. The first-order valence-electron chi connectivity index (χ1n) is 6.12. The van der Waals surface area contributed by atoms with E-state index in [1.165, 1.54) is 5.39 Å². The van der Waals surface area contributed by atoms with Crippen LogP contribution in [-0.4, -0.2) is 12.4 Å². The van der Waals surface area contributed by atoms with Gasteiger partial charge in [-0.2, -0.15) is 0 Å². The van der Waals surface area contributed by atoms with Gasteiger partial charge in [0.05, 0.1) is 0 Å². The van der Waals surface area contributed by atoms with E-state index in [1.807, 2.05) is 57.2 Å². The summed E-state index contributed by atoms with van der Waals surface area (Å²) in [5, 5.41) is 2.30. The molecule has 0 amide bonds. The fourth-order valence-electron chi connectivity index (χ4n) is 1.62. The summed E-state index contributed by atoms with van der Waals surface area (Å²) in [5.74, 6) is 0.849. The van der Waals surface area contributed by atoms with Gasteiger partial charge in [0.25, 0.3) is 0 Å². The van der Waals surface area contributed by atoms with E-state index < -0.39 is 0 Å². The van der Waals surface area contributed by atoms with Crippen LogP contribution in [0.25, 0.3) is 10.8 Å². The Kier molecular flexibility index (Phi) is 3.37. The largest absolute Gasteiger partial charge is 0.486 e. The van der Waals surface area contributed by atoms with Crippen molar-refractivity contribution in [1.82, 2.24) is 0 Å². The van der Waals surface area contributed by atoms with E-state index in [-0.39, 0.29) is 17.8 Å². The second-order valence-electron chi connectivity index (χ2n) is 5.47. The highest BCUT2D eigenvalue weighted by Crippen LogP contribution is 2.21. The highest BCUT2D eigenvalue weighted by atomic mass is 16.5. The minimum atomic E-state index is -0.350. The maximum absolute atomic E-state index is 11.8. The molecule has 0 atom stereocenters. The highest BCUT2D eigenvalue weighted by Gasteiger charge is 2.21. The van der Waals surface area contributed by atoms with Crippen molar-refractivity contribution in [2.45, 2.75) is 20.8 Å². The Labute approximate surface area is 108 Å². The normalized spacial score (nSPS) is 11.5. The number of fused-ring (bicyclic) bond motifs is 1. The first-order valence-corrected chi connectivity index (χ1v) is 6.12. The van der Waals surface area contributed by atoms with Crippen LogP contribution in [0.15, 0.2) is 42.5 Å². The molecule has 0 saturated heterocycles. The summed E-state index contributed by atoms with van der Waals surface area (Å²) in [6.07, 6.45) is 0. The molecule has 2 aromatic rings. The Balaban J connectivity index is 2.11. The van der Waals surface area contributed by atoms with Crippen molar-refractivity contribution < 1.29 is 9.53 Å². The number of ketones is 1. The number of carbonyl (C=O) groups is 1. The molecular formula is C16H18O2. The van der Waals surface area contributed by atoms with Crippen molar-refractivity contribution in [2.24, 2.45) is 5.41 Å². The van der Waals surface area contributed by atoms with Crippen LogP contribution < -0.4 is 4.74 Å². The lowest BCUT2D eigenvalue weighted by Crippen LogP contribution is -2.26. The molecule has 0 saturated carbocycles. The summed E-state index contributed by atoms with van der Waals surface area (Å²) in [7, 11) is 0. The van der Waals surface area contributed by atoms with Crippen molar-refractivity contribution in [1.29, 1.82) is 0 Å². The van der Waals surface area contributed by atoms with E-state index in [4.69, 9.17) is 4.74 Å². The number of hydrogen-bond acceptors (Lipinski definition) is 2. The lowest BCUT2D eigenvalue weighted by Gasteiger charge is -2.16. The van der Waals surface area contributed by atoms with Gasteiger partial charge in [0, 0.05) is 5.41 Å². The second-order valence-corrected chi connectivity index (χ2v) is 5.47. The van der Waals surface area contributed by atoms with Gasteiger partial charge in [0.2, 0.25) is 0 Å². The van der Waals surface area contributed by atoms with Gasteiger partial charge in [0.15, 0.2) is 5.78 Å². The van der Waals surface area contributed by atoms with Crippen LogP contribution >= 0.6 is 0 Å². The standard InChI is InChI=1S/C16H18O2/c1-16(2,3)15(17)11-18-14-9-8-12-6-4-5-7-13(12)10-14/h4-10H,11H2,1-3H3. The van der Waals surface area contributed by atoms with E-state index in [0.717, 1.165) is 11.1 Å². The third kappa shape index (κ3) is 2.89. The summed E-state index contributed by atoms with van der Waals surface area (Å²) in [4.78, 5) is 11.8. The Morgan fingerprint density at radius 3 is 2.39 bits per heavy atom. The maximum Gasteiger partial charge on any atom is 0.175 e. The molecule has 94 valence electrons. The molecule has 0 aliphatic rings. The van der Waals surface area contributed by atoms with Crippen LogP contribution in [0.3, 0.4) is 0 Å². The van der Waals surface area contributed by atoms with E-state index in [2.05, 4.69) is 6.07 Å². The monoisotopic (exact) mass is 242 g/mol. The van der Waals surface area contributed by atoms with Gasteiger partial charge >= 0.3 is 0 Å². The molecule has 2 nitrogen and oxygen atoms in total. The summed E-state index contributed by atoms with van der Waals surface area (Å²) in [6.45, 7) is 5.83. The molecule has 0 heterocycles. The maximum atomic E-state index is 11.8. The zero-order valence-electron chi connectivity index (χ0n) is 11.1. The van der Waals surface area contributed by atoms with E-state index in [1.54, 1.807) is 0 Å². The Morgan fingerprint density at radius 1 is 1.06 bits per heavy atom. The Bertz CT molecular complexity index is 565. The first-order chi connectivity index (χ1) is 8.47. The molecule has 0 spiro atoms. The van der Waals surface area contributed by atoms with Gasteiger partial charge in [-0.3, -0.25) is 4.79 Å². The third-order valence-electron chi connectivity index (χ3n) is 2.93. The average Bonchev–Trinajstić information content (AvgIpc) is 2.34. The van der Waals surface area contributed by atoms with Crippen molar-refractivity contribution in [3.63, 3.8) is 0 Å². The predicted octanol–water partition coefficient (Wildman–Crippen LogP) is 3.83. The summed E-state index contributed by atoms with van der Waals surface area (Å²) in [5.41, 5.74) is -0.350. The molecule has 0 bridgehead atoms. The number of ether oxygens (including phenoxy) is 1. The average molecular weight is 242 g/mol. The van der Waals surface area contributed by atoms with Crippen molar-refractivity contribution in [2.75, 3.05) is 6.61 Å². The highest BCUT2D eigenvalue weighted by molar-refractivity contribution is 5.86. The third-order valence-corrected chi connectivity index (χ3v) is 2.93. The van der Waals surface area contributed by atoms with Crippen LogP contribution in [0.5, 0.6) is 5.75 Å². The smallest absolute Gasteiger partial charge is 0.175 e. The zero-order chi connectivity index (χ0) is 13.2. The van der Waals surface area contributed by atoms with Crippen LogP contribution in [0.2, 0.25) is 0 Å². The number of Topliss-reactive ketones (excluding diaryl/α,β-unsaturated/α-hetero) is 1. The summed E-state index contributed by atoms with van der Waals surface area (Å²) < 4.78 is 5.55. The fraction of sp³-hybridized carbons (Fsp3) is 0.312. The molecule has 0 aliphatic heterocycles. The van der Waals surface area contributed by atoms with Gasteiger partial charge in [-0.15, -0.1) is 0 Å². The van der Waals surface area contributed by atoms with Gasteiger partial charge < -0.3 is 4.74 Å². The van der Waals surface area contributed by atoms with Gasteiger partial charge in [0.1, 0.15) is 12.4 Å². The van der Waals surface area contributed by atoms with Crippen LogP contribution in [0.4, 0.5) is 0 Å². The second kappa shape index (κ2) is 4.81. The molecule has 0 unspecified atom stereocenters. The zero-order valence-corrected chi connectivity index (χ0v) is 11.1. The summed E-state index contributed by atoms with van der Waals surface area (Å²) in [6, 6.07) is 14.0. The molecule has 0 fully saturated rings. The molecule has 2 heteroatoms. The van der Waals surface area contributed by atoms with Crippen molar-refractivity contribution >= 4 is 16.6 Å². The molecule has 0 radical (unpaired) electrons. The van der Waals surface area contributed by atoms with Crippen molar-refractivity contribution in [3.8, 4) is 5.75 Å². The van der Waals surface area contributed by atoms with E-state index >= 15 is 0 Å². The molecule has 0 N–H and O–H groups in total. The van der Waals surface area contributed by atoms with Gasteiger partial charge in [-0.05, 0) is 22.9 Å². The lowest BCUT2D eigenvalue weighted by atomic mass is 9.91. The first kappa shape index (κ1) is 12.6. The van der Waals surface area contributed by atoms with E-state index in [0.29, 0.717) is 0 Å². The van der Waals surface area contributed by atoms with Crippen molar-refractivity contribution in [3.05, 3.63) is 42.5 Å². The molecular weight excluding hydrogens is 224 g/mol. The van der Waals surface area contributed by atoms with Crippen LogP contribution in [0.1, 0.15) is 20.8 Å². The van der Waals surface area contributed by atoms with E-state index in [9.17, 15) is 4.79 Å². The van der Waals surface area contributed by atoms with Gasteiger partial charge in [-0.25, -0.2) is 0 Å². The molecule has 18 heavy (non-hydrogen) atoms. The molecule has 2 rings (SSSR count). The van der Waals surface area contributed by atoms with Gasteiger partial charge in [-0.1, -0.05) is 51.1 Å². The molecule has 0 aromatic heterocycles. The number of hydrogen-bond donors (Lipinski definition) is 0.